The zero-order chi connectivity index (χ0) is 14.0. The van der Waals surface area contributed by atoms with Crippen LogP contribution in [0.2, 0.25) is 5.02 Å². The van der Waals surface area contributed by atoms with E-state index in [0.29, 0.717) is 0 Å². The van der Waals surface area contributed by atoms with Crippen LogP contribution in [0.5, 0.6) is 0 Å². The summed E-state index contributed by atoms with van der Waals surface area (Å²) in [7, 11) is 0. The molecular weight excluding hydrogens is 293 g/mol. The number of carbonyl (C=O) groups is 2. The fraction of sp³-hybridized carbons (Fsp3) is 0. The van der Waals surface area contributed by atoms with Crippen LogP contribution in [0, 0.1) is 5.82 Å². The molecule has 4 nitrogen and oxygen atoms in total. The summed E-state index contributed by atoms with van der Waals surface area (Å²) in [5.41, 5.74) is -0.689. The maximum Gasteiger partial charge on any atom is 0.340 e. The third kappa shape index (κ3) is 2.74. The molecule has 0 saturated carbocycles. The summed E-state index contributed by atoms with van der Waals surface area (Å²) in [5, 5.41) is 13.2. The summed E-state index contributed by atoms with van der Waals surface area (Å²) in [6, 6.07) is 5.18. The smallest absolute Gasteiger partial charge is 0.340 e. The number of nitrogens with one attached hydrogen (secondary N) is 1. The van der Waals surface area contributed by atoms with Crippen molar-refractivity contribution >= 4 is 40.5 Å². The first-order valence-electron chi connectivity index (χ1n) is 5.07. The summed E-state index contributed by atoms with van der Waals surface area (Å²) in [6.07, 6.45) is 0. The molecule has 0 aliphatic rings. The van der Waals surface area contributed by atoms with Crippen LogP contribution in [0.4, 0.5) is 10.1 Å². The molecule has 0 unspecified atom stereocenters. The highest BCUT2D eigenvalue weighted by Gasteiger charge is 2.19. The Bertz CT molecular complexity index is 656. The van der Waals surface area contributed by atoms with Crippen molar-refractivity contribution in [3.05, 3.63) is 50.9 Å². The molecule has 0 bridgehead atoms. The van der Waals surface area contributed by atoms with Crippen LogP contribution in [0.1, 0.15) is 20.0 Å². The number of rotatable bonds is 3. The fourth-order valence-corrected chi connectivity index (χ4v) is 2.52. The van der Waals surface area contributed by atoms with Gasteiger partial charge >= 0.3 is 5.97 Å². The number of carboxylic acids is 1. The lowest BCUT2D eigenvalue weighted by atomic mass is 10.1. The van der Waals surface area contributed by atoms with Gasteiger partial charge in [-0.05, 0) is 23.6 Å². The number of carbonyl (C=O) groups excluding carboxylic acids is 1. The minimum atomic E-state index is -1.45. The third-order valence-corrected chi connectivity index (χ3v) is 3.64. The Kier molecular flexibility index (Phi) is 3.82. The fourth-order valence-electron chi connectivity index (χ4n) is 1.48. The van der Waals surface area contributed by atoms with Crippen LogP contribution < -0.4 is 5.32 Å². The van der Waals surface area contributed by atoms with Crippen LogP contribution in [0.15, 0.2) is 29.6 Å². The average molecular weight is 300 g/mol. The van der Waals surface area contributed by atoms with Crippen molar-refractivity contribution < 1.29 is 19.1 Å². The van der Waals surface area contributed by atoms with E-state index >= 15 is 0 Å². The molecule has 1 amide bonds. The lowest BCUT2D eigenvalue weighted by Crippen LogP contribution is -2.15. The quantitative estimate of drug-likeness (QED) is 0.911. The molecule has 19 heavy (non-hydrogen) atoms. The number of hydrogen-bond acceptors (Lipinski definition) is 3. The van der Waals surface area contributed by atoms with Gasteiger partial charge < -0.3 is 10.4 Å². The molecule has 1 heterocycles. The maximum atomic E-state index is 13.4. The Hall–Kier alpha value is -1.92. The van der Waals surface area contributed by atoms with E-state index in [1.54, 1.807) is 11.4 Å². The normalized spacial score (nSPS) is 10.2. The highest BCUT2D eigenvalue weighted by Crippen LogP contribution is 2.25. The molecule has 1 aromatic heterocycles. The molecule has 0 aliphatic heterocycles. The molecule has 0 saturated heterocycles. The summed E-state index contributed by atoms with van der Waals surface area (Å²) in [4.78, 5) is 23.1. The van der Waals surface area contributed by atoms with Gasteiger partial charge in [0.05, 0.1) is 10.7 Å². The van der Waals surface area contributed by atoms with Crippen LogP contribution in [-0.2, 0) is 0 Å². The second-order valence-electron chi connectivity index (χ2n) is 3.52. The van der Waals surface area contributed by atoms with Crippen LogP contribution >= 0.6 is 22.9 Å². The average Bonchev–Trinajstić information content (AvgIpc) is 2.75. The predicted molar refractivity (Wildman–Crippen MR) is 70.6 cm³/mol. The lowest BCUT2D eigenvalue weighted by Gasteiger charge is -2.08. The zero-order valence-electron chi connectivity index (χ0n) is 9.31. The van der Waals surface area contributed by atoms with E-state index in [2.05, 4.69) is 5.32 Å². The van der Waals surface area contributed by atoms with E-state index in [1.165, 1.54) is 12.1 Å². The van der Waals surface area contributed by atoms with Gasteiger partial charge in [-0.3, -0.25) is 4.79 Å². The van der Waals surface area contributed by atoms with E-state index in [9.17, 15) is 14.0 Å². The summed E-state index contributed by atoms with van der Waals surface area (Å²) in [5.74, 6) is -2.94. The molecule has 0 fully saturated rings. The first kappa shape index (κ1) is 13.5. The molecule has 0 atom stereocenters. The van der Waals surface area contributed by atoms with Gasteiger partial charge in [-0.1, -0.05) is 17.7 Å². The molecular formula is C12H7ClFNO3S. The first-order chi connectivity index (χ1) is 9.00. The number of halogens is 2. The van der Waals surface area contributed by atoms with Gasteiger partial charge in [0, 0.05) is 0 Å². The lowest BCUT2D eigenvalue weighted by molar-refractivity contribution is 0.0693. The van der Waals surface area contributed by atoms with Gasteiger partial charge in [0.1, 0.15) is 16.3 Å². The Morgan fingerprint density at radius 1 is 1.32 bits per heavy atom. The largest absolute Gasteiger partial charge is 0.478 e. The SMILES string of the molecule is O=C(Nc1cccc(F)c1C(=O)O)c1sccc1Cl. The Labute approximate surface area is 116 Å². The highest BCUT2D eigenvalue weighted by molar-refractivity contribution is 7.12. The molecule has 98 valence electrons. The highest BCUT2D eigenvalue weighted by atomic mass is 35.5. The molecule has 1 aromatic carbocycles. The van der Waals surface area contributed by atoms with Crippen molar-refractivity contribution in [3.8, 4) is 0 Å². The second kappa shape index (κ2) is 5.38. The first-order valence-corrected chi connectivity index (χ1v) is 6.32. The number of benzene rings is 1. The number of anilines is 1. The van der Waals surface area contributed by atoms with Crippen molar-refractivity contribution in [2.45, 2.75) is 0 Å². The van der Waals surface area contributed by atoms with Crippen molar-refractivity contribution in [2.24, 2.45) is 0 Å². The molecule has 7 heteroatoms. The van der Waals surface area contributed by atoms with E-state index in [1.807, 2.05) is 0 Å². The van der Waals surface area contributed by atoms with E-state index in [0.717, 1.165) is 17.4 Å². The predicted octanol–water partition coefficient (Wildman–Crippen LogP) is 3.49. The van der Waals surface area contributed by atoms with Crippen LogP contribution in [0.25, 0.3) is 0 Å². The van der Waals surface area contributed by atoms with Crippen molar-refractivity contribution in [2.75, 3.05) is 5.32 Å². The third-order valence-electron chi connectivity index (χ3n) is 2.30. The minimum absolute atomic E-state index is 0.109. The summed E-state index contributed by atoms with van der Waals surface area (Å²) < 4.78 is 13.4. The Morgan fingerprint density at radius 3 is 2.63 bits per heavy atom. The van der Waals surface area contributed by atoms with Gasteiger partial charge in [-0.2, -0.15) is 0 Å². The van der Waals surface area contributed by atoms with Gasteiger partial charge in [0.15, 0.2) is 0 Å². The number of carboxylic acid groups (broad SMARTS) is 1. The Balaban J connectivity index is 2.35. The van der Waals surface area contributed by atoms with Crippen LogP contribution in [-0.4, -0.2) is 17.0 Å². The molecule has 2 rings (SSSR count). The van der Waals surface area contributed by atoms with Gasteiger partial charge in [-0.25, -0.2) is 9.18 Å². The number of thiophene rings is 1. The maximum absolute atomic E-state index is 13.4. The van der Waals surface area contributed by atoms with E-state index in [4.69, 9.17) is 16.7 Å². The zero-order valence-corrected chi connectivity index (χ0v) is 10.9. The second-order valence-corrected chi connectivity index (χ2v) is 4.84. The van der Waals surface area contributed by atoms with Crippen molar-refractivity contribution in [3.63, 3.8) is 0 Å². The van der Waals surface area contributed by atoms with E-state index in [-0.39, 0.29) is 15.6 Å². The standard InChI is InChI=1S/C12H7ClFNO3S/c13-6-4-5-19-10(6)11(16)15-8-3-1-2-7(14)9(8)12(17)18/h1-5H,(H,15,16)(H,17,18). The van der Waals surface area contributed by atoms with Gasteiger partial charge in [-0.15, -0.1) is 11.3 Å². The number of hydrogen-bond donors (Lipinski definition) is 2. The number of amides is 1. The molecule has 2 aromatic rings. The monoisotopic (exact) mass is 299 g/mol. The van der Waals surface area contributed by atoms with Gasteiger partial charge in [0.25, 0.3) is 5.91 Å². The summed E-state index contributed by atoms with van der Waals surface area (Å²) in [6.45, 7) is 0. The molecule has 0 radical (unpaired) electrons. The minimum Gasteiger partial charge on any atom is -0.478 e. The topological polar surface area (TPSA) is 66.4 Å². The van der Waals surface area contributed by atoms with Crippen LogP contribution in [0.3, 0.4) is 0 Å². The molecule has 2 N–H and O–H groups in total. The van der Waals surface area contributed by atoms with Crippen molar-refractivity contribution in [1.82, 2.24) is 0 Å². The van der Waals surface area contributed by atoms with Gasteiger partial charge in [0.2, 0.25) is 0 Å². The number of aromatic carboxylic acids is 1. The molecule has 0 spiro atoms. The molecule has 0 aliphatic carbocycles. The Morgan fingerprint density at radius 2 is 2.05 bits per heavy atom. The van der Waals surface area contributed by atoms with Crippen molar-refractivity contribution in [1.29, 1.82) is 0 Å². The summed E-state index contributed by atoms with van der Waals surface area (Å²) >= 11 is 6.90. The van der Waals surface area contributed by atoms with E-state index < -0.39 is 23.3 Å².